The lowest BCUT2D eigenvalue weighted by Crippen LogP contribution is -2.36. The molecule has 2 aromatic carbocycles. The molecule has 1 saturated heterocycles. The van der Waals surface area contributed by atoms with E-state index in [1.807, 2.05) is 29.7 Å². The van der Waals surface area contributed by atoms with Gasteiger partial charge >= 0.3 is 0 Å². The number of rotatable bonds is 3. The zero-order valence-electron chi connectivity index (χ0n) is 15.9. The number of ether oxygens (including phenoxy) is 1. The Balaban J connectivity index is 1.46. The molecule has 0 bridgehead atoms. The summed E-state index contributed by atoms with van der Waals surface area (Å²) in [5, 5.41) is 1.03. The van der Waals surface area contributed by atoms with Crippen LogP contribution in [0.3, 0.4) is 0 Å². The number of anilines is 2. The van der Waals surface area contributed by atoms with Gasteiger partial charge in [-0.25, -0.2) is 9.97 Å². The minimum atomic E-state index is 0.471. The number of nitrogen functional groups attached to an aromatic ring is 1. The molecular formula is C22H23N5O. The second-order valence-corrected chi connectivity index (χ2v) is 7.31. The summed E-state index contributed by atoms with van der Waals surface area (Å²) in [7, 11) is 0. The summed E-state index contributed by atoms with van der Waals surface area (Å²) in [5.41, 5.74) is 12.5. The molecule has 5 rings (SSSR count). The van der Waals surface area contributed by atoms with Crippen molar-refractivity contribution in [1.29, 1.82) is 0 Å². The number of aromatic nitrogens is 3. The number of morpholine rings is 1. The lowest BCUT2D eigenvalue weighted by Gasteiger charge is -2.28. The predicted molar refractivity (Wildman–Crippen MR) is 112 cm³/mol. The topological polar surface area (TPSA) is 68.7 Å². The van der Waals surface area contributed by atoms with Crippen LogP contribution in [-0.2, 0) is 11.2 Å². The van der Waals surface area contributed by atoms with E-state index in [1.54, 1.807) is 0 Å². The Labute approximate surface area is 163 Å². The van der Waals surface area contributed by atoms with Crippen molar-refractivity contribution in [3.05, 3.63) is 65.5 Å². The van der Waals surface area contributed by atoms with Gasteiger partial charge in [0.25, 0.3) is 0 Å². The van der Waals surface area contributed by atoms with Crippen molar-refractivity contribution in [2.75, 3.05) is 36.9 Å². The molecule has 6 heteroatoms. The van der Waals surface area contributed by atoms with E-state index in [0.29, 0.717) is 5.95 Å². The van der Waals surface area contributed by atoms with Crippen molar-refractivity contribution in [1.82, 2.24) is 14.4 Å². The third-order valence-corrected chi connectivity index (χ3v) is 5.41. The highest BCUT2D eigenvalue weighted by atomic mass is 16.5. The molecule has 3 heterocycles. The van der Waals surface area contributed by atoms with Crippen LogP contribution in [0.15, 0.2) is 48.7 Å². The molecule has 0 atom stereocenters. The molecule has 1 fully saturated rings. The summed E-state index contributed by atoms with van der Waals surface area (Å²) in [6.45, 7) is 5.54. The summed E-state index contributed by atoms with van der Waals surface area (Å²) in [6, 6.07) is 14.9. The van der Waals surface area contributed by atoms with Gasteiger partial charge in [0.1, 0.15) is 5.65 Å². The van der Waals surface area contributed by atoms with Gasteiger partial charge in [0.05, 0.1) is 24.4 Å². The van der Waals surface area contributed by atoms with E-state index in [9.17, 15) is 0 Å². The molecule has 0 amide bonds. The maximum Gasteiger partial charge on any atom is 0.206 e. The Bertz CT molecular complexity index is 1140. The SMILES string of the molecule is Cc1cccc2c1nc(N)n1cc(Cc3ccc(N4CCOCC4)cc3)nc21. The second-order valence-electron chi connectivity index (χ2n) is 7.31. The molecule has 1 aliphatic rings. The molecule has 142 valence electrons. The van der Waals surface area contributed by atoms with E-state index in [0.717, 1.165) is 60.5 Å². The number of hydrogen-bond acceptors (Lipinski definition) is 5. The van der Waals surface area contributed by atoms with E-state index >= 15 is 0 Å². The van der Waals surface area contributed by atoms with Gasteiger partial charge in [-0.15, -0.1) is 0 Å². The van der Waals surface area contributed by atoms with Gasteiger partial charge in [0, 0.05) is 36.8 Å². The monoisotopic (exact) mass is 373 g/mol. The van der Waals surface area contributed by atoms with Crippen molar-refractivity contribution in [2.24, 2.45) is 0 Å². The summed E-state index contributed by atoms with van der Waals surface area (Å²) in [4.78, 5) is 11.8. The van der Waals surface area contributed by atoms with Crippen LogP contribution in [0.25, 0.3) is 16.6 Å². The molecule has 2 N–H and O–H groups in total. The van der Waals surface area contributed by atoms with E-state index in [1.165, 1.54) is 11.3 Å². The van der Waals surface area contributed by atoms with Crippen molar-refractivity contribution >= 4 is 28.2 Å². The zero-order chi connectivity index (χ0) is 19.1. The summed E-state index contributed by atoms with van der Waals surface area (Å²) < 4.78 is 7.32. The zero-order valence-corrected chi connectivity index (χ0v) is 15.9. The van der Waals surface area contributed by atoms with E-state index < -0.39 is 0 Å². The average molecular weight is 373 g/mol. The molecule has 4 aromatic rings. The number of fused-ring (bicyclic) bond motifs is 3. The molecule has 0 aliphatic carbocycles. The Morgan fingerprint density at radius 2 is 1.82 bits per heavy atom. The molecule has 0 radical (unpaired) electrons. The number of nitrogens with zero attached hydrogens (tertiary/aromatic N) is 4. The normalized spacial score (nSPS) is 14.8. The summed E-state index contributed by atoms with van der Waals surface area (Å²) in [6.07, 6.45) is 2.76. The number of imidazole rings is 1. The average Bonchev–Trinajstić information content (AvgIpc) is 3.15. The molecular weight excluding hydrogens is 350 g/mol. The van der Waals surface area contributed by atoms with E-state index in [2.05, 4.69) is 40.2 Å². The molecule has 2 aromatic heterocycles. The third-order valence-electron chi connectivity index (χ3n) is 5.41. The number of para-hydroxylation sites is 1. The van der Waals surface area contributed by atoms with Crippen molar-refractivity contribution < 1.29 is 4.74 Å². The van der Waals surface area contributed by atoms with E-state index in [-0.39, 0.29) is 0 Å². The predicted octanol–water partition coefficient (Wildman–Crippen LogP) is 3.20. The highest BCUT2D eigenvalue weighted by molar-refractivity contribution is 5.94. The minimum absolute atomic E-state index is 0.471. The highest BCUT2D eigenvalue weighted by Gasteiger charge is 2.13. The molecule has 0 saturated carbocycles. The van der Waals surface area contributed by atoms with Gasteiger partial charge in [-0.1, -0.05) is 24.3 Å². The van der Waals surface area contributed by atoms with Crippen LogP contribution in [0.1, 0.15) is 16.8 Å². The van der Waals surface area contributed by atoms with Crippen molar-refractivity contribution in [2.45, 2.75) is 13.3 Å². The van der Waals surface area contributed by atoms with Gasteiger partial charge in [-0.05, 0) is 36.2 Å². The fourth-order valence-electron chi connectivity index (χ4n) is 3.89. The Morgan fingerprint density at radius 1 is 1.04 bits per heavy atom. The Morgan fingerprint density at radius 3 is 2.61 bits per heavy atom. The first-order valence-electron chi connectivity index (χ1n) is 9.63. The summed E-state index contributed by atoms with van der Waals surface area (Å²) >= 11 is 0. The molecule has 28 heavy (non-hydrogen) atoms. The van der Waals surface area contributed by atoms with Gasteiger partial charge in [0.2, 0.25) is 5.95 Å². The van der Waals surface area contributed by atoms with Crippen LogP contribution in [0.5, 0.6) is 0 Å². The first kappa shape index (κ1) is 17.0. The van der Waals surface area contributed by atoms with Gasteiger partial charge < -0.3 is 15.4 Å². The third kappa shape index (κ3) is 2.96. The second kappa shape index (κ2) is 6.80. The van der Waals surface area contributed by atoms with Gasteiger partial charge in [-0.3, -0.25) is 4.40 Å². The minimum Gasteiger partial charge on any atom is -0.378 e. The molecule has 0 unspecified atom stereocenters. The molecule has 1 aliphatic heterocycles. The highest BCUT2D eigenvalue weighted by Crippen LogP contribution is 2.24. The van der Waals surface area contributed by atoms with Gasteiger partial charge in [-0.2, -0.15) is 0 Å². The van der Waals surface area contributed by atoms with Crippen LogP contribution >= 0.6 is 0 Å². The number of hydrogen-bond donors (Lipinski definition) is 1. The smallest absolute Gasteiger partial charge is 0.206 e. The summed E-state index contributed by atoms with van der Waals surface area (Å²) in [5.74, 6) is 0.471. The van der Waals surface area contributed by atoms with Crippen LogP contribution in [0.4, 0.5) is 11.6 Å². The Hall–Kier alpha value is -3.12. The number of aryl methyl sites for hydroxylation is 1. The van der Waals surface area contributed by atoms with Crippen LogP contribution in [0.2, 0.25) is 0 Å². The van der Waals surface area contributed by atoms with Crippen LogP contribution in [0, 0.1) is 6.92 Å². The quantitative estimate of drug-likeness (QED) is 0.597. The first-order chi connectivity index (χ1) is 13.7. The first-order valence-corrected chi connectivity index (χ1v) is 9.63. The van der Waals surface area contributed by atoms with Crippen LogP contribution < -0.4 is 10.6 Å². The standard InChI is InChI=1S/C22H23N5O/c1-15-3-2-4-19-20(15)25-22(23)27-14-17(24-21(19)27)13-16-5-7-18(8-6-16)26-9-11-28-12-10-26/h2-8,14H,9-13H2,1H3,(H2,23,25). The van der Waals surface area contributed by atoms with E-state index in [4.69, 9.17) is 15.5 Å². The maximum absolute atomic E-state index is 6.20. The van der Waals surface area contributed by atoms with Crippen molar-refractivity contribution in [3.8, 4) is 0 Å². The van der Waals surface area contributed by atoms with Crippen molar-refractivity contribution in [3.63, 3.8) is 0 Å². The lowest BCUT2D eigenvalue weighted by molar-refractivity contribution is 0.122. The van der Waals surface area contributed by atoms with Gasteiger partial charge in [0.15, 0.2) is 0 Å². The fraction of sp³-hybridized carbons (Fsp3) is 0.273. The van der Waals surface area contributed by atoms with Crippen LogP contribution in [-0.4, -0.2) is 40.7 Å². The number of nitrogens with two attached hydrogens (primary N) is 1. The molecule has 6 nitrogen and oxygen atoms in total. The number of benzene rings is 2. The lowest BCUT2D eigenvalue weighted by atomic mass is 10.1. The maximum atomic E-state index is 6.20. The largest absolute Gasteiger partial charge is 0.378 e. The molecule has 0 spiro atoms. The fourth-order valence-corrected chi connectivity index (χ4v) is 3.89. The Kier molecular flexibility index (Phi) is 4.13.